The van der Waals surface area contributed by atoms with Gasteiger partial charge in [0.05, 0.1) is 0 Å². The third-order valence-corrected chi connectivity index (χ3v) is 7.04. The Hall–Kier alpha value is -2.58. The first-order chi connectivity index (χ1) is 14.5. The highest BCUT2D eigenvalue weighted by atomic mass is 16.6. The maximum absolute atomic E-state index is 13.4. The van der Waals surface area contributed by atoms with E-state index in [1.807, 2.05) is 0 Å². The first-order valence-electron chi connectivity index (χ1n) is 11.1. The lowest BCUT2D eigenvalue weighted by Gasteiger charge is -2.32. The lowest BCUT2D eigenvalue weighted by atomic mass is 9.81. The summed E-state index contributed by atoms with van der Waals surface area (Å²) in [5, 5.41) is 5.49. The molecular weight excluding hydrogens is 400 g/mol. The van der Waals surface area contributed by atoms with Crippen LogP contribution in [0.1, 0.15) is 40.0 Å². The predicted octanol–water partition coefficient (Wildman–Crippen LogP) is 0.540. The number of rotatable bonds is 5. The van der Waals surface area contributed by atoms with Crippen molar-refractivity contribution in [2.24, 2.45) is 35.3 Å². The van der Waals surface area contributed by atoms with Crippen molar-refractivity contribution in [3.63, 3.8) is 0 Å². The Morgan fingerprint density at radius 3 is 2.61 bits per heavy atom. The smallest absolute Gasteiger partial charge is 0.410 e. The Labute approximate surface area is 182 Å². The van der Waals surface area contributed by atoms with E-state index >= 15 is 0 Å². The molecule has 0 aromatic rings. The number of hydrogen-bond donors (Lipinski definition) is 3. The fraction of sp³-hybridized carbons (Fsp3) is 0.727. The van der Waals surface area contributed by atoms with Crippen molar-refractivity contribution in [2.75, 3.05) is 13.1 Å². The number of carbonyl (C=O) groups excluding carboxylic acids is 4. The summed E-state index contributed by atoms with van der Waals surface area (Å²) in [6.45, 7) is 6.38. The second-order valence-electron chi connectivity index (χ2n) is 10.2. The minimum atomic E-state index is -0.963. The van der Waals surface area contributed by atoms with Crippen LogP contribution in [0.25, 0.3) is 0 Å². The molecule has 0 spiro atoms. The highest BCUT2D eigenvalue weighted by Gasteiger charge is 2.58. The Morgan fingerprint density at radius 2 is 2.00 bits per heavy atom. The van der Waals surface area contributed by atoms with Crippen LogP contribution in [0.3, 0.4) is 0 Å². The average Bonchev–Trinajstić information content (AvgIpc) is 3.41. The van der Waals surface area contributed by atoms with E-state index in [-0.39, 0.29) is 36.0 Å². The van der Waals surface area contributed by atoms with Crippen LogP contribution in [-0.4, -0.2) is 59.5 Å². The molecule has 2 heterocycles. The van der Waals surface area contributed by atoms with Gasteiger partial charge in [-0.25, -0.2) is 4.79 Å². The molecule has 4 amide bonds. The molecule has 9 nitrogen and oxygen atoms in total. The third kappa shape index (κ3) is 4.14. The Morgan fingerprint density at radius 1 is 1.29 bits per heavy atom. The molecule has 2 aliphatic carbocycles. The number of primary amides is 1. The topological polar surface area (TPSA) is 131 Å². The lowest BCUT2D eigenvalue weighted by Crippen LogP contribution is -2.55. The van der Waals surface area contributed by atoms with Crippen LogP contribution in [0, 0.1) is 29.6 Å². The fourth-order valence-corrected chi connectivity index (χ4v) is 5.72. The SMILES string of the molecule is CC(C)(C)OC(=O)N1C[C@H]2[C@@H]([C@H]1C(=O)N[C@@H](C[C@@H]1CCNC1=O)C(N)=O)[C@H]1C=C[C@@H]2C1. The number of ether oxygens (including phenoxy) is 1. The Bertz CT molecular complexity index is 819. The van der Waals surface area contributed by atoms with E-state index < -0.39 is 35.6 Å². The first-order valence-corrected chi connectivity index (χ1v) is 11.1. The van der Waals surface area contributed by atoms with E-state index in [1.165, 1.54) is 4.90 Å². The third-order valence-electron chi connectivity index (χ3n) is 7.04. The molecule has 9 heteroatoms. The summed E-state index contributed by atoms with van der Waals surface area (Å²) in [6.07, 6.45) is 5.55. The van der Waals surface area contributed by atoms with Gasteiger partial charge in [0.1, 0.15) is 17.7 Å². The van der Waals surface area contributed by atoms with Crippen molar-refractivity contribution < 1.29 is 23.9 Å². The molecule has 0 unspecified atom stereocenters. The largest absolute Gasteiger partial charge is 0.444 e. The lowest BCUT2D eigenvalue weighted by molar-refractivity contribution is -0.132. The zero-order chi connectivity index (χ0) is 22.5. The summed E-state index contributed by atoms with van der Waals surface area (Å²) < 4.78 is 5.57. The van der Waals surface area contributed by atoms with Crippen LogP contribution >= 0.6 is 0 Å². The van der Waals surface area contributed by atoms with Gasteiger partial charge in [-0.2, -0.15) is 0 Å². The van der Waals surface area contributed by atoms with Gasteiger partial charge in [0.25, 0.3) is 0 Å². The van der Waals surface area contributed by atoms with E-state index in [0.717, 1.165) is 6.42 Å². The summed E-state index contributed by atoms with van der Waals surface area (Å²) in [6, 6.07) is -1.69. The maximum Gasteiger partial charge on any atom is 0.410 e. The molecule has 4 rings (SSSR count). The molecule has 2 aliphatic heterocycles. The molecular formula is C22H32N4O5. The highest BCUT2D eigenvalue weighted by molar-refractivity contribution is 5.92. The molecule has 4 aliphatic rings. The van der Waals surface area contributed by atoms with E-state index in [0.29, 0.717) is 25.4 Å². The molecule has 2 saturated heterocycles. The van der Waals surface area contributed by atoms with Gasteiger partial charge in [0, 0.05) is 19.0 Å². The zero-order valence-corrected chi connectivity index (χ0v) is 18.3. The number of amides is 4. The van der Waals surface area contributed by atoms with Gasteiger partial charge in [-0.15, -0.1) is 0 Å². The number of nitrogens with two attached hydrogens (primary N) is 1. The molecule has 0 aromatic carbocycles. The molecule has 7 atom stereocenters. The number of hydrogen-bond acceptors (Lipinski definition) is 5. The number of carbonyl (C=O) groups is 4. The molecule has 1 saturated carbocycles. The number of allylic oxidation sites excluding steroid dienone is 2. The summed E-state index contributed by atoms with van der Waals surface area (Å²) in [7, 11) is 0. The number of nitrogens with zero attached hydrogens (tertiary/aromatic N) is 1. The van der Waals surface area contributed by atoms with E-state index in [9.17, 15) is 19.2 Å². The van der Waals surface area contributed by atoms with Gasteiger partial charge in [0.2, 0.25) is 17.7 Å². The normalized spacial score (nSPS) is 34.4. The van der Waals surface area contributed by atoms with Crippen molar-refractivity contribution in [3.05, 3.63) is 12.2 Å². The van der Waals surface area contributed by atoms with Crippen LogP contribution in [0.4, 0.5) is 4.79 Å². The van der Waals surface area contributed by atoms with Crippen molar-refractivity contribution in [1.82, 2.24) is 15.5 Å². The first kappa shape index (κ1) is 21.6. The molecule has 0 aromatic heterocycles. The number of fused-ring (bicyclic) bond motifs is 5. The van der Waals surface area contributed by atoms with E-state index in [4.69, 9.17) is 10.5 Å². The molecule has 0 radical (unpaired) electrons. The van der Waals surface area contributed by atoms with Crippen LogP contribution in [0.15, 0.2) is 12.2 Å². The van der Waals surface area contributed by atoms with Crippen molar-refractivity contribution in [1.29, 1.82) is 0 Å². The van der Waals surface area contributed by atoms with Gasteiger partial charge in [-0.1, -0.05) is 12.2 Å². The molecule has 3 fully saturated rings. The van der Waals surface area contributed by atoms with Crippen LogP contribution in [0.2, 0.25) is 0 Å². The second kappa shape index (κ2) is 7.84. The van der Waals surface area contributed by atoms with Crippen molar-refractivity contribution in [3.8, 4) is 0 Å². The summed E-state index contributed by atoms with van der Waals surface area (Å²) in [5.74, 6) is -0.799. The van der Waals surface area contributed by atoms with Gasteiger partial charge >= 0.3 is 6.09 Å². The quantitative estimate of drug-likeness (QED) is 0.546. The van der Waals surface area contributed by atoms with Crippen LogP contribution < -0.4 is 16.4 Å². The van der Waals surface area contributed by atoms with Gasteiger partial charge < -0.3 is 21.1 Å². The van der Waals surface area contributed by atoms with Crippen molar-refractivity contribution >= 4 is 23.8 Å². The van der Waals surface area contributed by atoms with Crippen LogP contribution in [0.5, 0.6) is 0 Å². The Balaban J connectivity index is 1.53. The monoisotopic (exact) mass is 432 g/mol. The summed E-state index contributed by atoms with van der Waals surface area (Å²) >= 11 is 0. The molecule has 31 heavy (non-hydrogen) atoms. The summed E-state index contributed by atoms with van der Waals surface area (Å²) in [5.41, 5.74) is 4.87. The van der Waals surface area contributed by atoms with Gasteiger partial charge in [-0.05, 0) is 63.7 Å². The highest BCUT2D eigenvalue weighted by Crippen LogP contribution is 2.54. The molecule has 4 N–H and O–H groups in total. The average molecular weight is 433 g/mol. The predicted molar refractivity (Wildman–Crippen MR) is 111 cm³/mol. The standard InChI is InChI=1S/C22H32N4O5/c1-22(2,3)31-21(30)26-10-14-11-4-5-12(8-11)16(14)17(26)20(29)25-15(18(23)27)9-13-6-7-24-19(13)28/h4-5,11-17H,6-10H2,1-3H3,(H2,23,27)(H,24,28)(H,25,29)/t11-,12+,13+,14-,15+,16+,17+/m1/s1. The number of likely N-dealkylation sites (tertiary alicyclic amines) is 1. The maximum atomic E-state index is 13.4. The Kier molecular flexibility index (Phi) is 5.47. The zero-order valence-electron chi connectivity index (χ0n) is 18.3. The van der Waals surface area contributed by atoms with E-state index in [1.54, 1.807) is 20.8 Å². The second-order valence-corrected chi connectivity index (χ2v) is 10.2. The summed E-state index contributed by atoms with van der Waals surface area (Å²) in [4.78, 5) is 51.9. The number of nitrogens with one attached hydrogen (secondary N) is 2. The molecule has 170 valence electrons. The van der Waals surface area contributed by atoms with Crippen molar-refractivity contribution in [2.45, 2.75) is 57.7 Å². The van der Waals surface area contributed by atoms with Gasteiger partial charge in [-0.3, -0.25) is 19.3 Å². The fourth-order valence-electron chi connectivity index (χ4n) is 5.72. The minimum Gasteiger partial charge on any atom is -0.444 e. The van der Waals surface area contributed by atoms with Crippen LogP contribution in [-0.2, 0) is 19.1 Å². The minimum absolute atomic E-state index is 0.00850. The van der Waals surface area contributed by atoms with E-state index in [2.05, 4.69) is 22.8 Å². The van der Waals surface area contributed by atoms with Gasteiger partial charge in [0.15, 0.2) is 0 Å². The molecule has 2 bridgehead atoms.